The van der Waals surface area contributed by atoms with Crippen LogP contribution in [-0.2, 0) is 4.84 Å². The van der Waals surface area contributed by atoms with Gasteiger partial charge in [-0.3, -0.25) is 0 Å². The molecule has 2 aliphatic rings. The number of phenols is 1. The molecule has 0 atom stereocenters. The molecule has 2 aromatic rings. The van der Waals surface area contributed by atoms with Gasteiger partial charge in [0.25, 0.3) is 0 Å². The average molecular weight is 364 g/mol. The molecule has 1 aliphatic heterocycles. The summed E-state index contributed by atoms with van der Waals surface area (Å²) in [6.07, 6.45) is 5.93. The summed E-state index contributed by atoms with van der Waals surface area (Å²) < 4.78 is 14.0. The first-order chi connectivity index (χ1) is 13.2. The van der Waals surface area contributed by atoms with E-state index in [2.05, 4.69) is 34.0 Å². The van der Waals surface area contributed by atoms with Crippen molar-refractivity contribution in [3.63, 3.8) is 0 Å². The number of hydrogen-bond donors (Lipinski definition) is 1. The molecular weight excluding hydrogens is 343 g/mol. The van der Waals surface area contributed by atoms with Crippen molar-refractivity contribution in [2.45, 2.75) is 31.8 Å². The molecule has 1 saturated heterocycles. The lowest BCUT2D eigenvalue weighted by atomic mass is 10.1. The molecule has 0 radical (unpaired) electrons. The summed E-state index contributed by atoms with van der Waals surface area (Å²) in [6, 6.07) is 10.9. The second-order valence-corrected chi connectivity index (χ2v) is 6.93. The lowest BCUT2D eigenvalue weighted by Gasteiger charge is -2.17. The maximum Gasteiger partial charge on any atom is 0.166 e. The number of aromatic hydroxyl groups is 1. The number of benzene rings is 2. The third kappa shape index (κ3) is 4.40. The largest absolute Gasteiger partial charge is 0.504 e. The monoisotopic (exact) mass is 364 g/mol. The van der Waals surface area contributed by atoms with Crippen molar-refractivity contribution in [1.82, 2.24) is 0 Å². The highest BCUT2D eigenvalue weighted by Gasteiger charge is 2.23. The van der Waals surface area contributed by atoms with Crippen LogP contribution < -0.4 is 4.90 Å². The lowest BCUT2D eigenvalue weighted by molar-refractivity contribution is 0.130. The van der Waals surface area contributed by atoms with Crippen molar-refractivity contribution in [3.05, 3.63) is 58.9 Å². The van der Waals surface area contributed by atoms with Gasteiger partial charge in [-0.1, -0.05) is 17.0 Å². The van der Waals surface area contributed by atoms with Crippen molar-refractivity contribution in [3.8, 4) is 17.6 Å². The van der Waals surface area contributed by atoms with Gasteiger partial charge in [-0.15, -0.1) is 0 Å². The second-order valence-electron chi connectivity index (χ2n) is 6.93. The highest BCUT2D eigenvalue weighted by atomic mass is 19.1. The zero-order valence-electron chi connectivity index (χ0n) is 15.0. The summed E-state index contributed by atoms with van der Waals surface area (Å²) in [5, 5.41) is 13.7. The van der Waals surface area contributed by atoms with Crippen LogP contribution in [0.25, 0.3) is 0 Å². The molecule has 0 bridgehead atoms. The zero-order chi connectivity index (χ0) is 18.6. The first-order valence-corrected chi connectivity index (χ1v) is 9.28. The topological polar surface area (TPSA) is 45.1 Å². The van der Waals surface area contributed by atoms with Crippen LogP contribution >= 0.6 is 0 Å². The van der Waals surface area contributed by atoms with E-state index < -0.39 is 11.6 Å². The predicted octanol–water partition coefficient (Wildman–Crippen LogP) is 4.04. The summed E-state index contributed by atoms with van der Waals surface area (Å²) in [4.78, 5) is 7.53. The maximum absolute atomic E-state index is 14.0. The zero-order valence-corrected chi connectivity index (χ0v) is 15.0. The van der Waals surface area contributed by atoms with Crippen LogP contribution in [0.15, 0.2) is 41.6 Å². The van der Waals surface area contributed by atoms with Crippen molar-refractivity contribution in [2.75, 3.05) is 18.0 Å². The number of oxime groups is 1. The van der Waals surface area contributed by atoms with E-state index in [9.17, 15) is 9.50 Å². The smallest absolute Gasteiger partial charge is 0.166 e. The molecule has 1 heterocycles. The molecule has 2 aromatic carbocycles. The number of anilines is 1. The number of nitrogens with zero attached hydrogens (tertiary/aromatic N) is 2. The van der Waals surface area contributed by atoms with E-state index in [-0.39, 0.29) is 11.7 Å². The first-order valence-electron chi connectivity index (χ1n) is 9.28. The molecule has 0 spiro atoms. The highest BCUT2D eigenvalue weighted by molar-refractivity contribution is 5.83. The molecule has 0 amide bonds. The van der Waals surface area contributed by atoms with Gasteiger partial charge < -0.3 is 14.8 Å². The molecule has 4 nitrogen and oxygen atoms in total. The normalized spacial score (nSPS) is 16.4. The van der Waals surface area contributed by atoms with Gasteiger partial charge in [-0.05, 0) is 62.1 Å². The van der Waals surface area contributed by atoms with Crippen LogP contribution in [-0.4, -0.2) is 30.5 Å². The summed E-state index contributed by atoms with van der Waals surface area (Å²) in [5.41, 5.74) is 2.80. The Hall–Kier alpha value is -3.00. The van der Waals surface area contributed by atoms with Gasteiger partial charge in [0.15, 0.2) is 11.6 Å². The third-order valence-corrected chi connectivity index (χ3v) is 4.71. The molecule has 5 heteroatoms. The average Bonchev–Trinajstić information content (AvgIpc) is 3.34. The quantitative estimate of drug-likeness (QED) is 0.506. The third-order valence-electron chi connectivity index (χ3n) is 4.71. The summed E-state index contributed by atoms with van der Waals surface area (Å²) in [7, 11) is 0. The van der Waals surface area contributed by atoms with Gasteiger partial charge in [-0.25, -0.2) is 4.39 Å². The Bertz CT molecular complexity index is 902. The van der Waals surface area contributed by atoms with Crippen molar-refractivity contribution >= 4 is 11.9 Å². The summed E-state index contributed by atoms with van der Waals surface area (Å²) in [6.45, 7) is 2.21. The molecular formula is C22H21FN2O2. The first kappa shape index (κ1) is 17.4. The van der Waals surface area contributed by atoms with E-state index in [1.165, 1.54) is 30.8 Å². The van der Waals surface area contributed by atoms with Gasteiger partial charge in [-0.2, -0.15) is 0 Å². The fourth-order valence-corrected chi connectivity index (χ4v) is 3.01. The molecule has 138 valence electrons. The van der Waals surface area contributed by atoms with Crippen LogP contribution in [0.3, 0.4) is 0 Å². The van der Waals surface area contributed by atoms with Crippen molar-refractivity contribution in [2.24, 2.45) is 5.16 Å². The van der Waals surface area contributed by atoms with E-state index in [1.54, 1.807) is 6.07 Å². The van der Waals surface area contributed by atoms with Crippen molar-refractivity contribution < 1.29 is 14.3 Å². The lowest BCUT2D eigenvalue weighted by Crippen LogP contribution is -2.17. The van der Waals surface area contributed by atoms with E-state index in [0.717, 1.165) is 31.5 Å². The molecule has 27 heavy (non-hydrogen) atoms. The highest BCUT2D eigenvalue weighted by Crippen LogP contribution is 2.25. The molecule has 4 rings (SSSR count). The number of hydrogen-bond acceptors (Lipinski definition) is 4. The molecule has 1 aliphatic carbocycles. The number of phenolic OH excluding ortho intramolecular Hbond substituents is 1. The second kappa shape index (κ2) is 7.71. The number of rotatable bonds is 4. The van der Waals surface area contributed by atoms with Crippen molar-refractivity contribution in [1.29, 1.82) is 0 Å². The van der Waals surface area contributed by atoms with Gasteiger partial charge in [0.2, 0.25) is 0 Å². The SMILES string of the molecule is Oc1c(F)cc(C#Cc2ccc(N3CCCC3)cc2)cc1/C=N/OC1CC1. The van der Waals surface area contributed by atoms with E-state index in [1.807, 2.05) is 12.1 Å². The van der Waals surface area contributed by atoms with Crippen LogP contribution in [0.1, 0.15) is 42.4 Å². The van der Waals surface area contributed by atoms with Crippen LogP contribution in [0.4, 0.5) is 10.1 Å². The van der Waals surface area contributed by atoms with Gasteiger partial charge in [0.05, 0.1) is 6.21 Å². The molecule has 0 unspecified atom stereocenters. The fourth-order valence-electron chi connectivity index (χ4n) is 3.01. The minimum atomic E-state index is -0.723. The minimum absolute atomic E-state index is 0.153. The van der Waals surface area contributed by atoms with Crippen LogP contribution in [0, 0.1) is 17.7 Å². The van der Waals surface area contributed by atoms with Gasteiger partial charge >= 0.3 is 0 Å². The Labute approximate surface area is 158 Å². The Morgan fingerprint density at radius 3 is 2.48 bits per heavy atom. The predicted molar refractivity (Wildman–Crippen MR) is 104 cm³/mol. The molecule has 0 aromatic heterocycles. The van der Waals surface area contributed by atoms with E-state index in [4.69, 9.17) is 4.84 Å². The van der Waals surface area contributed by atoms with Gasteiger partial charge in [0, 0.05) is 35.5 Å². The van der Waals surface area contributed by atoms with Gasteiger partial charge in [0.1, 0.15) is 6.10 Å². The Morgan fingerprint density at radius 2 is 1.78 bits per heavy atom. The van der Waals surface area contributed by atoms with Crippen LogP contribution in [0.2, 0.25) is 0 Å². The minimum Gasteiger partial charge on any atom is -0.504 e. The molecule has 1 saturated carbocycles. The van der Waals surface area contributed by atoms with E-state index >= 15 is 0 Å². The molecule has 1 N–H and O–H groups in total. The Balaban J connectivity index is 1.50. The fraction of sp³-hybridized carbons (Fsp3) is 0.318. The summed E-state index contributed by atoms with van der Waals surface area (Å²) >= 11 is 0. The van der Waals surface area contributed by atoms with Crippen LogP contribution in [0.5, 0.6) is 5.75 Å². The Morgan fingerprint density at radius 1 is 1.07 bits per heavy atom. The maximum atomic E-state index is 14.0. The molecule has 2 fully saturated rings. The summed E-state index contributed by atoms with van der Waals surface area (Å²) in [5.74, 6) is 4.83. The number of halogens is 1. The standard InChI is InChI=1S/C22H21FN2O2/c23-21-14-17(13-18(22(21)26)15-24-27-20-9-10-20)4-3-16-5-7-19(8-6-16)25-11-1-2-12-25/h5-8,13-15,20,26H,1-2,9-12H2/b24-15+. The Kier molecular flexibility index (Phi) is 4.97. The van der Waals surface area contributed by atoms with E-state index in [0.29, 0.717) is 5.56 Å².